The summed E-state index contributed by atoms with van der Waals surface area (Å²) < 4.78 is 50.9. The summed E-state index contributed by atoms with van der Waals surface area (Å²) in [7, 11) is -0.674. The molecular formula is C35H32FN7O5S. The van der Waals surface area contributed by atoms with Crippen LogP contribution in [0.3, 0.4) is 0 Å². The number of rotatable bonds is 6. The van der Waals surface area contributed by atoms with Crippen molar-refractivity contribution in [3.8, 4) is 5.75 Å². The molecule has 0 bridgehead atoms. The number of fused-ring (bicyclic) bond motifs is 5. The van der Waals surface area contributed by atoms with Crippen LogP contribution in [0, 0.1) is 12.7 Å². The minimum absolute atomic E-state index is 0.00642. The number of hydrogen-bond donors (Lipinski definition) is 1. The minimum atomic E-state index is -4.13. The van der Waals surface area contributed by atoms with Crippen molar-refractivity contribution in [2.24, 2.45) is 0 Å². The molecule has 0 saturated carbocycles. The van der Waals surface area contributed by atoms with Gasteiger partial charge in [0.2, 0.25) is 11.9 Å². The van der Waals surface area contributed by atoms with E-state index >= 15 is 4.39 Å². The Balaban J connectivity index is 1.34. The van der Waals surface area contributed by atoms with Crippen LogP contribution in [-0.2, 0) is 21.2 Å². The molecule has 250 valence electrons. The largest absolute Gasteiger partial charge is 0.495 e. The van der Waals surface area contributed by atoms with E-state index in [9.17, 15) is 18.0 Å². The molecule has 12 nitrogen and oxygen atoms in total. The lowest BCUT2D eigenvalue weighted by Gasteiger charge is -2.26. The molecule has 0 radical (unpaired) electrons. The molecule has 0 aliphatic carbocycles. The Labute approximate surface area is 280 Å². The van der Waals surface area contributed by atoms with Gasteiger partial charge < -0.3 is 15.0 Å². The number of hydrogen-bond acceptors (Lipinski definition) is 9. The number of carbonyl (C=O) groups excluding carboxylic acids is 1. The van der Waals surface area contributed by atoms with Crippen LogP contribution in [0.15, 0.2) is 76.6 Å². The zero-order valence-electron chi connectivity index (χ0n) is 27.0. The Morgan fingerprint density at radius 3 is 2.57 bits per heavy atom. The fourth-order valence-corrected chi connectivity index (χ4v) is 8.24. The Hall–Kier alpha value is -5.34. The maximum absolute atomic E-state index is 15.1. The molecule has 1 amide bonds. The van der Waals surface area contributed by atoms with Crippen LogP contribution in [0.2, 0.25) is 0 Å². The highest BCUT2D eigenvalue weighted by Crippen LogP contribution is 2.40. The van der Waals surface area contributed by atoms with E-state index in [0.717, 1.165) is 38.9 Å². The van der Waals surface area contributed by atoms with Gasteiger partial charge >= 0.3 is 0 Å². The van der Waals surface area contributed by atoms with Crippen molar-refractivity contribution in [3.05, 3.63) is 94.2 Å². The summed E-state index contributed by atoms with van der Waals surface area (Å²) in [5.74, 6) is -0.442. The predicted octanol–water partition coefficient (Wildman–Crippen LogP) is 4.62. The average molecular weight is 682 g/mol. The number of amides is 1. The van der Waals surface area contributed by atoms with E-state index in [4.69, 9.17) is 9.72 Å². The van der Waals surface area contributed by atoms with Crippen LogP contribution < -0.4 is 20.5 Å². The van der Waals surface area contributed by atoms with Gasteiger partial charge in [0.1, 0.15) is 17.0 Å². The number of carbonyl (C=O) groups is 1. The fourth-order valence-electron chi connectivity index (χ4n) is 6.94. The first-order valence-corrected chi connectivity index (χ1v) is 17.3. The molecule has 6 aromatic rings. The topological polar surface area (TPSA) is 131 Å². The van der Waals surface area contributed by atoms with Crippen molar-refractivity contribution in [1.29, 1.82) is 0 Å². The molecule has 0 spiro atoms. The van der Waals surface area contributed by atoms with Crippen molar-refractivity contribution in [2.75, 3.05) is 37.5 Å². The molecule has 2 aliphatic rings. The van der Waals surface area contributed by atoms with Crippen molar-refractivity contribution in [3.63, 3.8) is 0 Å². The Kier molecular flexibility index (Phi) is 7.19. The standard InChI is InChI=1S/C35H32FN7O5S/c1-20-9-11-22(12-10-20)49(46,47)42-17-14-23-31(42)39-35(43-32(23)37-25-7-4-6-24(36)30(25)34(43)45)38-26-19-28-21(18-29(26)48-3)13-16-41(28)33(44)27-8-5-15-40(27)2/h4,6-7,9-12,14,17-19,27H,5,8,13,15-16H2,1-3H3,(H,38,39)/t27-/m0/s1. The van der Waals surface area contributed by atoms with Gasteiger partial charge in [-0.15, -0.1) is 0 Å². The van der Waals surface area contributed by atoms with Crippen molar-refractivity contribution in [2.45, 2.75) is 37.1 Å². The molecule has 49 heavy (non-hydrogen) atoms. The lowest BCUT2D eigenvalue weighted by molar-refractivity contribution is -0.122. The number of likely N-dealkylation sites (N-methyl/N-ethyl adjacent to an activating group) is 1. The third kappa shape index (κ3) is 4.84. The molecule has 1 N–H and O–H groups in total. The molecule has 3 aromatic heterocycles. The summed E-state index contributed by atoms with van der Waals surface area (Å²) in [5.41, 5.74) is 2.36. The van der Waals surface area contributed by atoms with Crippen LogP contribution in [-0.4, -0.2) is 70.9 Å². The predicted molar refractivity (Wildman–Crippen MR) is 184 cm³/mol. The minimum Gasteiger partial charge on any atom is -0.495 e. The van der Waals surface area contributed by atoms with E-state index < -0.39 is 21.4 Å². The van der Waals surface area contributed by atoms with E-state index in [2.05, 4.69) is 15.2 Å². The molecule has 8 rings (SSSR count). The first kappa shape index (κ1) is 31.0. The number of methoxy groups -OCH3 is 1. The maximum Gasteiger partial charge on any atom is 0.271 e. The Morgan fingerprint density at radius 1 is 1.04 bits per heavy atom. The van der Waals surface area contributed by atoms with Crippen LogP contribution in [0.4, 0.5) is 21.7 Å². The lowest BCUT2D eigenvalue weighted by atomic mass is 10.1. The molecular weight excluding hydrogens is 649 g/mol. The molecule has 1 atom stereocenters. The Bertz CT molecular complexity index is 2510. The number of nitrogens with zero attached hydrogens (tertiary/aromatic N) is 6. The number of benzene rings is 3. The van der Waals surface area contributed by atoms with E-state index in [1.54, 1.807) is 23.1 Å². The normalized spacial score (nSPS) is 16.6. The fraction of sp³-hybridized carbons (Fsp3) is 0.257. The van der Waals surface area contributed by atoms with Gasteiger partial charge in [-0.05, 0) is 87.8 Å². The number of aryl methyl sites for hydroxylation is 1. The highest BCUT2D eigenvalue weighted by molar-refractivity contribution is 7.90. The smallest absolute Gasteiger partial charge is 0.271 e. The van der Waals surface area contributed by atoms with Gasteiger partial charge in [0.25, 0.3) is 15.6 Å². The summed E-state index contributed by atoms with van der Waals surface area (Å²) in [6.45, 7) is 3.23. The van der Waals surface area contributed by atoms with Gasteiger partial charge in [0.15, 0.2) is 11.3 Å². The van der Waals surface area contributed by atoms with Crippen LogP contribution >= 0.6 is 0 Å². The van der Waals surface area contributed by atoms with Gasteiger partial charge in [0.05, 0.1) is 34.6 Å². The molecule has 0 unspecified atom stereocenters. The van der Waals surface area contributed by atoms with E-state index in [1.165, 1.54) is 49.7 Å². The molecule has 1 fully saturated rings. The zero-order valence-corrected chi connectivity index (χ0v) is 27.8. The van der Waals surface area contributed by atoms with E-state index in [0.29, 0.717) is 30.1 Å². The Morgan fingerprint density at radius 2 is 1.84 bits per heavy atom. The van der Waals surface area contributed by atoms with Crippen LogP contribution in [0.1, 0.15) is 24.0 Å². The van der Waals surface area contributed by atoms with Crippen molar-refractivity contribution < 1.29 is 22.3 Å². The van der Waals surface area contributed by atoms with Gasteiger partial charge in [-0.3, -0.25) is 14.5 Å². The summed E-state index contributed by atoms with van der Waals surface area (Å²) in [6.07, 6.45) is 3.73. The van der Waals surface area contributed by atoms with Crippen molar-refractivity contribution in [1.82, 2.24) is 23.2 Å². The molecule has 14 heteroatoms. The molecule has 5 heterocycles. The van der Waals surface area contributed by atoms with Gasteiger partial charge in [-0.25, -0.2) is 26.2 Å². The second-order valence-corrected chi connectivity index (χ2v) is 14.3. The highest BCUT2D eigenvalue weighted by Gasteiger charge is 2.35. The SMILES string of the molecule is COc1cc2c(cc1Nc1nc3c(ccn3S(=O)(=O)c3ccc(C)cc3)c3nc4cccc(F)c4c(=O)n13)N(C(=O)[C@@H]1CCCN1C)CC2. The van der Waals surface area contributed by atoms with Crippen molar-refractivity contribution >= 4 is 60.8 Å². The monoisotopic (exact) mass is 681 g/mol. The first-order chi connectivity index (χ1) is 23.6. The van der Waals surface area contributed by atoms with E-state index in [1.807, 2.05) is 20.0 Å². The highest BCUT2D eigenvalue weighted by atomic mass is 32.2. The van der Waals surface area contributed by atoms with E-state index in [-0.39, 0.29) is 50.4 Å². The third-order valence-electron chi connectivity index (χ3n) is 9.53. The average Bonchev–Trinajstić information content (AvgIpc) is 3.82. The third-order valence-corrected chi connectivity index (χ3v) is 11.2. The summed E-state index contributed by atoms with van der Waals surface area (Å²) in [4.78, 5) is 41.0. The van der Waals surface area contributed by atoms with Gasteiger partial charge in [-0.2, -0.15) is 4.98 Å². The number of likely N-dealkylation sites (tertiary alicyclic amines) is 1. The molecule has 2 aliphatic heterocycles. The molecule has 1 saturated heterocycles. The number of aromatic nitrogens is 4. The molecule has 3 aromatic carbocycles. The summed E-state index contributed by atoms with van der Waals surface area (Å²) in [5, 5.41) is 3.20. The number of anilines is 3. The zero-order chi connectivity index (χ0) is 34.2. The quantitative estimate of drug-likeness (QED) is 0.250. The summed E-state index contributed by atoms with van der Waals surface area (Å²) >= 11 is 0. The van der Waals surface area contributed by atoms with Crippen LogP contribution in [0.5, 0.6) is 5.75 Å². The van der Waals surface area contributed by atoms with Crippen LogP contribution in [0.25, 0.3) is 27.6 Å². The lowest BCUT2D eigenvalue weighted by Crippen LogP contribution is -2.43. The second kappa shape index (κ2) is 11.4. The van der Waals surface area contributed by atoms with Gasteiger partial charge in [-0.1, -0.05) is 23.8 Å². The number of nitrogens with one attached hydrogen (secondary N) is 1. The summed E-state index contributed by atoms with van der Waals surface area (Å²) in [6, 6.07) is 15.5. The number of halogens is 1. The number of ether oxygens (including phenoxy) is 1. The first-order valence-electron chi connectivity index (χ1n) is 15.9. The van der Waals surface area contributed by atoms with Gasteiger partial charge in [0, 0.05) is 18.4 Å². The maximum atomic E-state index is 15.1. The second-order valence-electron chi connectivity index (χ2n) is 12.5.